The maximum absolute atomic E-state index is 14.0. The van der Waals surface area contributed by atoms with Gasteiger partial charge in [-0.2, -0.15) is 0 Å². The molecule has 0 radical (unpaired) electrons. The van der Waals surface area contributed by atoms with Crippen LogP contribution in [0.2, 0.25) is 0 Å². The van der Waals surface area contributed by atoms with Crippen LogP contribution >= 0.6 is 0 Å². The Morgan fingerprint density at radius 2 is 1.05 bits per heavy atom. The van der Waals surface area contributed by atoms with E-state index in [1.54, 1.807) is 0 Å². The first-order chi connectivity index (χ1) is 29.2. The first kappa shape index (κ1) is 38.3. The van der Waals surface area contributed by atoms with Crippen molar-refractivity contribution in [2.75, 3.05) is 14.2 Å². The molecule has 2 spiro atoms. The average Bonchev–Trinajstić information content (AvgIpc) is 4.02. The SMILES string of the molecule is COC(=O)N[C@@H]1C(=O)N2[C@H](c3ncc(-c4ccc([C@H]5C[C@@H]5c5ccc(-c6cnc([C@@H]7C[C@@]8(C)C[C@]89CC(C)[C@H](NC(=O)OC)C(=O)N79)[nH]6)cc5)cc4)[nH]3)C[C@@]3(C)C[C@@]23CC1C. The van der Waals surface area contributed by atoms with E-state index in [0.717, 1.165) is 79.1 Å². The third-order valence-corrected chi connectivity index (χ3v) is 16.5. The van der Waals surface area contributed by atoms with Crippen LogP contribution in [0, 0.1) is 22.7 Å². The number of alkyl carbamates (subject to hydrolysis) is 2. The molecule has 2 aromatic heterocycles. The van der Waals surface area contributed by atoms with Crippen LogP contribution in [-0.2, 0) is 19.1 Å². The summed E-state index contributed by atoms with van der Waals surface area (Å²) in [5.74, 6) is 2.40. The van der Waals surface area contributed by atoms with Crippen LogP contribution < -0.4 is 10.6 Å². The Morgan fingerprint density at radius 3 is 1.43 bits per heavy atom. The van der Waals surface area contributed by atoms with E-state index in [1.165, 1.54) is 25.3 Å². The number of imidazole rings is 2. The molecule has 11 rings (SSSR count). The molecule has 4 aromatic rings. The normalized spacial score (nSPS) is 37.6. The molecule has 2 unspecified atom stereocenters. The highest BCUT2D eigenvalue weighted by Gasteiger charge is 2.78. The van der Waals surface area contributed by atoms with Gasteiger partial charge >= 0.3 is 12.2 Å². The highest BCUT2D eigenvalue weighted by molar-refractivity contribution is 5.90. The average molecular weight is 827 g/mol. The molecular formula is C47H54N8O6. The fraction of sp³-hybridized carbons (Fsp3) is 0.532. The fourth-order valence-corrected chi connectivity index (χ4v) is 13.0. The van der Waals surface area contributed by atoms with Gasteiger partial charge in [-0.1, -0.05) is 76.2 Å². The van der Waals surface area contributed by atoms with Gasteiger partial charge in [-0.05, 0) is 102 Å². The summed E-state index contributed by atoms with van der Waals surface area (Å²) < 4.78 is 9.68. The van der Waals surface area contributed by atoms with Crippen LogP contribution in [0.1, 0.15) is 119 Å². The molecule has 7 aliphatic rings. The Morgan fingerprint density at radius 1 is 0.656 bits per heavy atom. The van der Waals surface area contributed by atoms with Gasteiger partial charge in [0.15, 0.2) is 0 Å². The summed E-state index contributed by atoms with van der Waals surface area (Å²) in [7, 11) is 2.64. The summed E-state index contributed by atoms with van der Waals surface area (Å²) in [6.45, 7) is 8.65. The molecule has 6 heterocycles. The molecule has 2 aromatic carbocycles. The van der Waals surface area contributed by atoms with E-state index < -0.39 is 24.3 Å². The second-order valence-corrected chi connectivity index (χ2v) is 20.0. The zero-order valence-electron chi connectivity index (χ0n) is 35.6. The summed E-state index contributed by atoms with van der Waals surface area (Å²) in [6.07, 6.45) is 9.00. The van der Waals surface area contributed by atoms with Crippen molar-refractivity contribution in [1.82, 2.24) is 40.4 Å². The van der Waals surface area contributed by atoms with E-state index in [0.29, 0.717) is 11.8 Å². The van der Waals surface area contributed by atoms with Gasteiger partial charge in [0.25, 0.3) is 0 Å². The highest BCUT2D eigenvalue weighted by Crippen LogP contribution is 2.75. The molecule has 61 heavy (non-hydrogen) atoms. The number of rotatable bonds is 8. The topological polar surface area (TPSA) is 175 Å². The summed E-state index contributed by atoms with van der Waals surface area (Å²) in [6, 6.07) is 15.9. The molecule has 7 fully saturated rings. The van der Waals surface area contributed by atoms with Crippen molar-refractivity contribution in [3.05, 3.63) is 83.7 Å². The number of H-pyrrole nitrogens is 2. The van der Waals surface area contributed by atoms with Crippen molar-refractivity contribution in [2.24, 2.45) is 22.7 Å². The van der Waals surface area contributed by atoms with Crippen molar-refractivity contribution >= 4 is 24.0 Å². The minimum atomic E-state index is -0.619. The number of methoxy groups -OCH3 is 2. The smallest absolute Gasteiger partial charge is 0.407 e. The molecule has 3 saturated carbocycles. The lowest BCUT2D eigenvalue weighted by molar-refractivity contribution is -0.145. The molecule has 12 atom stereocenters. The molecule has 3 aliphatic carbocycles. The number of nitrogens with one attached hydrogen (secondary N) is 4. The molecule has 0 bridgehead atoms. The summed E-state index contributed by atoms with van der Waals surface area (Å²) in [5.41, 5.74) is 6.27. The Kier molecular flexibility index (Phi) is 8.11. The predicted octanol–water partition coefficient (Wildman–Crippen LogP) is 7.11. The van der Waals surface area contributed by atoms with Gasteiger partial charge in [-0.3, -0.25) is 9.59 Å². The molecule has 4 saturated heterocycles. The largest absolute Gasteiger partial charge is 0.453 e. The van der Waals surface area contributed by atoms with Crippen LogP contribution in [-0.4, -0.2) is 91.1 Å². The van der Waals surface area contributed by atoms with E-state index in [-0.39, 0.29) is 57.6 Å². The quantitative estimate of drug-likeness (QED) is 0.145. The van der Waals surface area contributed by atoms with E-state index >= 15 is 0 Å². The number of nitrogens with zero attached hydrogens (tertiary/aromatic N) is 4. The second-order valence-electron chi connectivity index (χ2n) is 20.0. The Bertz CT molecular complexity index is 2310. The molecular weight excluding hydrogens is 773 g/mol. The third kappa shape index (κ3) is 5.51. The summed E-state index contributed by atoms with van der Waals surface area (Å²) in [5, 5.41) is 5.59. The monoisotopic (exact) mass is 826 g/mol. The van der Waals surface area contributed by atoms with Gasteiger partial charge in [0.05, 0.1) is 61.2 Å². The number of aromatic amines is 2. The molecule has 4 aliphatic heterocycles. The van der Waals surface area contributed by atoms with Crippen molar-refractivity contribution < 1.29 is 28.7 Å². The first-order valence-corrected chi connectivity index (χ1v) is 21.9. The lowest BCUT2D eigenvalue weighted by atomic mass is 9.84. The third-order valence-electron chi connectivity index (χ3n) is 16.5. The Labute approximate surface area is 354 Å². The van der Waals surface area contributed by atoms with E-state index in [2.05, 4.69) is 83.0 Å². The summed E-state index contributed by atoms with van der Waals surface area (Å²) >= 11 is 0. The second kappa shape index (κ2) is 12.9. The molecule has 4 amide bonds. The van der Waals surface area contributed by atoms with Gasteiger partial charge in [-0.15, -0.1) is 0 Å². The first-order valence-electron chi connectivity index (χ1n) is 21.9. The van der Waals surface area contributed by atoms with E-state index in [9.17, 15) is 19.2 Å². The lowest BCUT2D eigenvalue weighted by Gasteiger charge is -2.44. The van der Waals surface area contributed by atoms with Gasteiger partial charge < -0.3 is 39.9 Å². The summed E-state index contributed by atoms with van der Waals surface area (Å²) in [4.78, 5) is 73.0. The number of hydrogen-bond acceptors (Lipinski definition) is 8. The Hall–Kier alpha value is -5.66. The zero-order chi connectivity index (χ0) is 42.4. The van der Waals surface area contributed by atoms with Gasteiger partial charge in [0.2, 0.25) is 11.8 Å². The van der Waals surface area contributed by atoms with Crippen LogP contribution in [0.15, 0.2) is 60.9 Å². The zero-order valence-corrected chi connectivity index (χ0v) is 35.6. The lowest BCUT2D eigenvalue weighted by Crippen LogP contribution is -2.60. The van der Waals surface area contributed by atoms with Crippen molar-refractivity contribution in [2.45, 2.75) is 120 Å². The standard InChI is InChI=1S/C47H54N8O6/c1-24-16-46-22-44(46,3)18-34(54(46)40(56)36(24)52-42(58)60-5)38-48-20-32(50-38)28-11-7-26(8-12-28)30-15-31(30)27-9-13-29(14-10-27)33-21-49-39(51-33)35-19-45(4)23-47(45)17-25(2)37(41(57)55(35)47)53-43(59)61-6/h7-14,20-21,24-25,30-31,34-37H,15-19,22-23H2,1-6H3,(H,48,50)(H,49,51)(H,52,58)(H,53,59)/t24?,25?,30-,31-,34+,35+,36+,37+,44+,45+,46-,47-/m1/s1. The number of carbonyl (C=O) groups is 4. The molecule has 14 heteroatoms. The van der Waals surface area contributed by atoms with Crippen molar-refractivity contribution in [3.63, 3.8) is 0 Å². The number of ether oxygens (including phenoxy) is 2. The van der Waals surface area contributed by atoms with Crippen LogP contribution in [0.4, 0.5) is 9.59 Å². The maximum Gasteiger partial charge on any atom is 0.407 e. The van der Waals surface area contributed by atoms with Crippen molar-refractivity contribution in [3.8, 4) is 22.5 Å². The van der Waals surface area contributed by atoms with Gasteiger partial charge in [-0.25, -0.2) is 19.6 Å². The molecule has 318 valence electrons. The van der Waals surface area contributed by atoms with Crippen molar-refractivity contribution in [1.29, 1.82) is 0 Å². The number of piperidine rings is 4. The number of hydrogen-bond donors (Lipinski definition) is 4. The minimum absolute atomic E-state index is 0.0174. The predicted molar refractivity (Wildman–Crippen MR) is 224 cm³/mol. The van der Waals surface area contributed by atoms with Gasteiger partial charge in [0.1, 0.15) is 23.7 Å². The van der Waals surface area contributed by atoms with Crippen LogP contribution in [0.3, 0.4) is 0 Å². The van der Waals surface area contributed by atoms with E-state index in [1.807, 2.05) is 36.0 Å². The number of carbonyl (C=O) groups excluding carboxylic acids is 4. The number of aromatic nitrogens is 4. The molecule has 4 N–H and O–H groups in total. The number of amides is 4. The fourth-order valence-electron chi connectivity index (χ4n) is 13.0. The van der Waals surface area contributed by atoms with Crippen LogP contribution in [0.25, 0.3) is 22.5 Å². The van der Waals surface area contributed by atoms with Gasteiger partial charge in [0, 0.05) is 0 Å². The Balaban J connectivity index is 0.746. The van der Waals surface area contributed by atoms with E-state index in [4.69, 9.17) is 19.4 Å². The highest BCUT2D eigenvalue weighted by atomic mass is 16.5. The number of benzene rings is 2. The minimum Gasteiger partial charge on any atom is -0.453 e. The maximum atomic E-state index is 14.0. The van der Waals surface area contributed by atoms with Crippen LogP contribution in [0.5, 0.6) is 0 Å². The molecule has 14 nitrogen and oxygen atoms in total.